The van der Waals surface area contributed by atoms with Crippen LogP contribution in [0.25, 0.3) is 22.7 Å². The number of pyridine rings is 1. The number of hydrogen-bond acceptors (Lipinski definition) is 6. The SMILES string of the molecule is Cc1ccc(C(=O)Nc2ccc(Cl)c(-c3nc4ncccc4o3)c2)cc1[N+](=O)[O-]. The summed E-state index contributed by atoms with van der Waals surface area (Å²) in [5.74, 6) is -0.216. The van der Waals surface area contributed by atoms with Gasteiger partial charge in [-0.15, -0.1) is 0 Å². The van der Waals surface area contributed by atoms with Crippen molar-refractivity contribution in [2.75, 3.05) is 5.32 Å². The maximum atomic E-state index is 12.6. The average Bonchev–Trinajstić information content (AvgIpc) is 3.13. The van der Waals surface area contributed by atoms with Crippen LogP contribution in [0.1, 0.15) is 15.9 Å². The fourth-order valence-corrected chi connectivity index (χ4v) is 3.00. The lowest BCUT2D eigenvalue weighted by Gasteiger charge is -2.08. The summed E-state index contributed by atoms with van der Waals surface area (Å²) in [6.07, 6.45) is 1.60. The molecular formula is C20H13ClN4O4. The van der Waals surface area contributed by atoms with Gasteiger partial charge in [-0.25, -0.2) is 4.98 Å². The van der Waals surface area contributed by atoms with Gasteiger partial charge in [0.25, 0.3) is 11.6 Å². The summed E-state index contributed by atoms with van der Waals surface area (Å²) in [5.41, 5.74) is 2.41. The lowest BCUT2D eigenvalue weighted by molar-refractivity contribution is -0.385. The van der Waals surface area contributed by atoms with Gasteiger partial charge < -0.3 is 9.73 Å². The molecule has 9 heteroatoms. The number of nitrogens with one attached hydrogen (secondary N) is 1. The summed E-state index contributed by atoms with van der Waals surface area (Å²) in [4.78, 5) is 31.6. The molecule has 0 spiro atoms. The number of nitro benzene ring substituents is 1. The lowest BCUT2D eigenvalue weighted by Crippen LogP contribution is -2.12. The largest absolute Gasteiger partial charge is 0.434 e. The molecule has 2 heterocycles. The average molecular weight is 409 g/mol. The summed E-state index contributed by atoms with van der Waals surface area (Å²) in [6.45, 7) is 1.61. The van der Waals surface area contributed by atoms with Gasteiger partial charge in [-0.2, -0.15) is 4.98 Å². The predicted octanol–water partition coefficient (Wildman–Crippen LogP) is 5.01. The lowest BCUT2D eigenvalue weighted by atomic mass is 10.1. The molecule has 0 aliphatic heterocycles. The van der Waals surface area contributed by atoms with Gasteiger partial charge in [0.05, 0.1) is 15.5 Å². The van der Waals surface area contributed by atoms with Crippen molar-refractivity contribution in [1.29, 1.82) is 0 Å². The smallest absolute Gasteiger partial charge is 0.273 e. The number of nitro groups is 1. The Balaban J connectivity index is 1.65. The van der Waals surface area contributed by atoms with E-state index in [2.05, 4.69) is 15.3 Å². The predicted molar refractivity (Wildman–Crippen MR) is 108 cm³/mol. The Bertz CT molecular complexity index is 1240. The van der Waals surface area contributed by atoms with E-state index in [4.69, 9.17) is 16.0 Å². The maximum absolute atomic E-state index is 12.6. The van der Waals surface area contributed by atoms with Crippen LogP contribution >= 0.6 is 11.6 Å². The van der Waals surface area contributed by atoms with Gasteiger partial charge in [0, 0.05) is 29.1 Å². The van der Waals surface area contributed by atoms with Gasteiger partial charge in [0.1, 0.15) is 0 Å². The molecule has 2 aromatic carbocycles. The number of rotatable bonds is 4. The molecule has 0 radical (unpaired) electrons. The minimum atomic E-state index is -0.520. The van der Waals surface area contributed by atoms with Gasteiger partial charge in [0.2, 0.25) is 5.89 Å². The van der Waals surface area contributed by atoms with Crippen molar-refractivity contribution in [3.05, 3.63) is 81.0 Å². The number of carbonyl (C=O) groups excluding carboxylic acids is 1. The van der Waals surface area contributed by atoms with Crippen LogP contribution in [-0.2, 0) is 0 Å². The van der Waals surface area contributed by atoms with Gasteiger partial charge in [0.15, 0.2) is 11.2 Å². The molecule has 4 rings (SSSR count). The molecule has 0 unspecified atom stereocenters. The Kier molecular flexibility index (Phi) is 4.69. The van der Waals surface area contributed by atoms with Crippen LogP contribution in [0.5, 0.6) is 0 Å². The summed E-state index contributed by atoms with van der Waals surface area (Å²) in [7, 11) is 0. The Labute approximate surface area is 169 Å². The number of fused-ring (bicyclic) bond motifs is 1. The number of carbonyl (C=O) groups is 1. The van der Waals surface area contributed by atoms with Crippen LogP contribution in [0.2, 0.25) is 5.02 Å². The summed E-state index contributed by atoms with van der Waals surface area (Å²) in [6, 6.07) is 12.6. The molecule has 0 saturated heterocycles. The molecule has 0 saturated carbocycles. The highest BCUT2D eigenvalue weighted by atomic mass is 35.5. The number of hydrogen-bond donors (Lipinski definition) is 1. The fourth-order valence-electron chi connectivity index (χ4n) is 2.80. The number of anilines is 1. The number of nitrogens with zero attached hydrogens (tertiary/aromatic N) is 3. The molecule has 0 fully saturated rings. The quantitative estimate of drug-likeness (QED) is 0.375. The van der Waals surface area contributed by atoms with Crippen LogP contribution in [0, 0.1) is 17.0 Å². The van der Waals surface area contributed by atoms with E-state index < -0.39 is 10.8 Å². The molecule has 1 N–H and O–H groups in total. The van der Waals surface area contributed by atoms with Crippen LogP contribution in [-0.4, -0.2) is 20.8 Å². The van der Waals surface area contributed by atoms with Gasteiger partial charge >= 0.3 is 0 Å². The molecule has 4 aromatic rings. The third-order valence-corrected chi connectivity index (χ3v) is 4.62. The number of benzene rings is 2. The number of amides is 1. The van der Waals surface area contributed by atoms with Crippen LogP contribution in [0.4, 0.5) is 11.4 Å². The zero-order valence-corrected chi connectivity index (χ0v) is 15.8. The van der Waals surface area contributed by atoms with E-state index >= 15 is 0 Å². The minimum absolute atomic E-state index is 0.117. The first-order valence-corrected chi connectivity index (χ1v) is 8.88. The van der Waals surface area contributed by atoms with E-state index in [9.17, 15) is 14.9 Å². The van der Waals surface area contributed by atoms with E-state index in [0.29, 0.717) is 33.1 Å². The standard InChI is InChI=1S/C20H13ClN4O4/c1-11-4-5-12(9-16(11)25(27)28)19(26)23-13-6-7-15(21)14(10-13)20-24-18-17(29-20)3-2-8-22-18/h2-10H,1H3,(H,23,26). The van der Waals surface area contributed by atoms with Crippen LogP contribution in [0.15, 0.2) is 59.1 Å². The molecule has 144 valence electrons. The Morgan fingerprint density at radius 2 is 2.03 bits per heavy atom. The van der Waals surface area contributed by atoms with Crippen LogP contribution in [0.3, 0.4) is 0 Å². The molecule has 8 nitrogen and oxygen atoms in total. The number of halogens is 1. The summed E-state index contributed by atoms with van der Waals surface area (Å²) in [5, 5.41) is 14.2. The van der Waals surface area contributed by atoms with E-state index in [1.807, 2.05) is 0 Å². The fraction of sp³-hybridized carbons (Fsp3) is 0.0500. The van der Waals surface area contributed by atoms with E-state index in [1.54, 1.807) is 43.5 Å². The molecule has 0 bridgehead atoms. The second-order valence-electron chi connectivity index (χ2n) is 6.25. The van der Waals surface area contributed by atoms with Crippen molar-refractivity contribution in [3.63, 3.8) is 0 Å². The monoisotopic (exact) mass is 408 g/mol. The maximum Gasteiger partial charge on any atom is 0.273 e. The molecule has 0 aliphatic rings. The Morgan fingerprint density at radius 1 is 1.21 bits per heavy atom. The van der Waals surface area contributed by atoms with E-state index in [-0.39, 0.29) is 17.1 Å². The Morgan fingerprint density at radius 3 is 2.79 bits per heavy atom. The zero-order valence-electron chi connectivity index (χ0n) is 15.0. The first kappa shape index (κ1) is 18.6. The first-order valence-electron chi connectivity index (χ1n) is 8.50. The van der Waals surface area contributed by atoms with Gasteiger partial charge in [-0.05, 0) is 43.3 Å². The molecule has 2 aromatic heterocycles. The van der Waals surface area contributed by atoms with Crippen molar-refractivity contribution < 1.29 is 14.1 Å². The van der Waals surface area contributed by atoms with E-state index in [1.165, 1.54) is 18.2 Å². The van der Waals surface area contributed by atoms with Crippen molar-refractivity contribution in [2.24, 2.45) is 0 Å². The highest BCUT2D eigenvalue weighted by Gasteiger charge is 2.17. The third-order valence-electron chi connectivity index (χ3n) is 4.29. The molecule has 29 heavy (non-hydrogen) atoms. The van der Waals surface area contributed by atoms with Crippen molar-refractivity contribution in [1.82, 2.24) is 9.97 Å². The van der Waals surface area contributed by atoms with Gasteiger partial charge in [-0.1, -0.05) is 17.7 Å². The Hall–Kier alpha value is -3.78. The van der Waals surface area contributed by atoms with E-state index in [0.717, 1.165) is 0 Å². The molecular weight excluding hydrogens is 396 g/mol. The van der Waals surface area contributed by atoms with Crippen molar-refractivity contribution in [2.45, 2.75) is 6.92 Å². The summed E-state index contributed by atoms with van der Waals surface area (Å²) >= 11 is 6.28. The first-order chi connectivity index (χ1) is 13.9. The van der Waals surface area contributed by atoms with Crippen molar-refractivity contribution in [3.8, 4) is 11.5 Å². The minimum Gasteiger partial charge on any atom is -0.434 e. The number of aromatic nitrogens is 2. The second-order valence-corrected chi connectivity index (χ2v) is 6.66. The zero-order chi connectivity index (χ0) is 20.5. The third kappa shape index (κ3) is 3.65. The number of oxazole rings is 1. The van der Waals surface area contributed by atoms with Gasteiger partial charge in [-0.3, -0.25) is 14.9 Å². The van der Waals surface area contributed by atoms with Crippen LogP contribution < -0.4 is 5.32 Å². The number of aryl methyl sites for hydroxylation is 1. The molecule has 1 amide bonds. The highest BCUT2D eigenvalue weighted by Crippen LogP contribution is 2.32. The highest BCUT2D eigenvalue weighted by molar-refractivity contribution is 6.33. The summed E-state index contributed by atoms with van der Waals surface area (Å²) < 4.78 is 5.69. The van der Waals surface area contributed by atoms with Crippen molar-refractivity contribution >= 4 is 40.1 Å². The normalized spacial score (nSPS) is 10.8. The second kappa shape index (κ2) is 7.33. The molecule has 0 aliphatic carbocycles. The topological polar surface area (TPSA) is 111 Å². The molecule has 0 atom stereocenters.